The van der Waals surface area contributed by atoms with E-state index in [9.17, 15) is 4.79 Å². The zero-order valence-corrected chi connectivity index (χ0v) is 12.6. The van der Waals surface area contributed by atoms with E-state index >= 15 is 0 Å². The van der Waals surface area contributed by atoms with Gasteiger partial charge in [0.2, 0.25) is 5.91 Å². The molecular formula is C15H19ClN2O3. The Morgan fingerprint density at radius 3 is 3.14 bits per heavy atom. The molecule has 2 unspecified atom stereocenters. The highest BCUT2D eigenvalue weighted by Gasteiger charge is 2.31. The predicted octanol–water partition coefficient (Wildman–Crippen LogP) is 2.14. The number of likely N-dealkylation sites (tertiary alicyclic amines) is 1. The van der Waals surface area contributed by atoms with E-state index in [1.54, 1.807) is 18.5 Å². The zero-order chi connectivity index (χ0) is 14.7. The van der Waals surface area contributed by atoms with Crippen molar-refractivity contribution in [3.05, 3.63) is 23.5 Å². The lowest BCUT2D eigenvalue weighted by atomic mass is 10.0. The van der Waals surface area contributed by atoms with E-state index in [1.165, 1.54) is 0 Å². The first-order chi connectivity index (χ1) is 10.2. The van der Waals surface area contributed by atoms with Crippen LogP contribution in [0.2, 0.25) is 5.02 Å². The van der Waals surface area contributed by atoms with E-state index in [2.05, 4.69) is 4.98 Å². The van der Waals surface area contributed by atoms with Gasteiger partial charge in [0.1, 0.15) is 16.9 Å². The molecule has 2 atom stereocenters. The Kier molecular flexibility index (Phi) is 4.60. The number of rotatable bonds is 3. The second-order valence-corrected chi connectivity index (χ2v) is 5.94. The molecule has 1 amide bonds. The van der Waals surface area contributed by atoms with E-state index in [0.717, 1.165) is 25.8 Å². The molecule has 114 valence electrons. The molecule has 0 radical (unpaired) electrons. The molecule has 2 fully saturated rings. The fraction of sp³-hybridized carbons (Fsp3) is 0.600. The van der Waals surface area contributed by atoms with Crippen LogP contribution < -0.4 is 4.74 Å². The first-order valence-corrected chi connectivity index (χ1v) is 7.74. The Bertz CT molecular complexity index is 505. The summed E-state index contributed by atoms with van der Waals surface area (Å²) in [5.41, 5.74) is 0. The second-order valence-electron chi connectivity index (χ2n) is 5.53. The van der Waals surface area contributed by atoms with Crippen LogP contribution in [0.15, 0.2) is 18.5 Å². The van der Waals surface area contributed by atoms with Gasteiger partial charge in [0, 0.05) is 31.6 Å². The lowest BCUT2D eigenvalue weighted by molar-refractivity contribution is -0.138. The summed E-state index contributed by atoms with van der Waals surface area (Å²) in [6.45, 7) is 2.67. The third kappa shape index (κ3) is 3.47. The summed E-state index contributed by atoms with van der Waals surface area (Å²) >= 11 is 6.06. The fourth-order valence-electron chi connectivity index (χ4n) is 2.86. The minimum atomic E-state index is -0.00933. The summed E-state index contributed by atoms with van der Waals surface area (Å²) in [7, 11) is 0. The number of pyridine rings is 1. The molecule has 2 aliphatic rings. The molecule has 5 nitrogen and oxygen atoms in total. The normalized spacial score (nSPS) is 25.9. The van der Waals surface area contributed by atoms with Gasteiger partial charge in [-0.25, -0.2) is 0 Å². The smallest absolute Gasteiger partial charge is 0.228 e. The Morgan fingerprint density at radius 2 is 2.38 bits per heavy atom. The highest BCUT2D eigenvalue weighted by Crippen LogP contribution is 2.26. The number of aromatic nitrogens is 1. The van der Waals surface area contributed by atoms with Crippen molar-refractivity contribution in [1.82, 2.24) is 9.88 Å². The van der Waals surface area contributed by atoms with Crippen LogP contribution in [-0.4, -0.2) is 48.2 Å². The van der Waals surface area contributed by atoms with Crippen molar-refractivity contribution in [2.45, 2.75) is 25.4 Å². The first-order valence-electron chi connectivity index (χ1n) is 7.37. The van der Waals surface area contributed by atoms with Crippen LogP contribution in [0, 0.1) is 5.92 Å². The summed E-state index contributed by atoms with van der Waals surface area (Å²) < 4.78 is 11.2. The average molecular weight is 311 g/mol. The monoisotopic (exact) mass is 310 g/mol. The number of hydrogen-bond donors (Lipinski definition) is 0. The maximum Gasteiger partial charge on any atom is 0.228 e. The largest absolute Gasteiger partial charge is 0.487 e. The molecule has 0 bridgehead atoms. The standard InChI is InChI=1S/C15H19ClN2O3/c16-13-8-17-5-3-14(13)21-12-2-1-6-18(9-12)15(19)11-4-7-20-10-11/h3,5,8,11-12H,1-2,4,6-7,9-10H2. The molecule has 21 heavy (non-hydrogen) atoms. The molecule has 2 aliphatic heterocycles. The van der Waals surface area contributed by atoms with Gasteiger partial charge in [0.25, 0.3) is 0 Å². The van der Waals surface area contributed by atoms with E-state index in [1.807, 2.05) is 4.90 Å². The van der Waals surface area contributed by atoms with E-state index in [4.69, 9.17) is 21.1 Å². The first kappa shape index (κ1) is 14.6. The Morgan fingerprint density at radius 1 is 1.48 bits per heavy atom. The quantitative estimate of drug-likeness (QED) is 0.858. The van der Waals surface area contributed by atoms with Gasteiger partial charge in [-0.05, 0) is 19.3 Å². The Hall–Kier alpha value is -1.33. The summed E-state index contributed by atoms with van der Waals surface area (Å²) in [6.07, 6.45) is 5.93. The molecule has 0 spiro atoms. The molecule has 6 heteroatoms. The topological polar surface area (TPSA) is 51.7 Å². The van der Waals surface area contributed by atoms with Crippen LogP contribution in [0.1, 0.15) is 19.3 Å². The molecular weight excluding hydrogens is 292 g/mol. The van der Waals surface area contributed by atoms with Crippen LogP contribution >= 0.6 is 11.6 Å². The second kappa shape index (κ2) is 6.62. The molecule has 3 heterocycles. The summed E-state index contributed by atoms with van der Waals surface area (Å²) in [4.78, 5) is 18.3. The Balaban J connectivity index is 1.60. The van der Waals surface area contributed by atoms with Crippen LogP contribution in [0.3, 0.4) is 0 Å². The Labute approximate surface area is 129 Å². The number of halogens is 1. The van der Waals surface area contributed by atoms with Crippen LogP contribution in [0.5, 0.6) is 5.75 Å². The van der Waals surface area contributed by atoms with Crippen molar-refractivity contribution in [2.75, 3.05) is 26.3 Å². The van der Waals surface area contributed by atoms with Gasteiger partial charge in [-0.3, -0.25) is 9.78 Å². The third-order valence-electron chi connectivity index (χ3n) is 4.00. The van der Waals surface area contributed by atoms with E-state index in [0.29, 0.717) is 30.5 Å². The average Bonchev–Trinajstić information content (AvgIpc) is 3.03. The molecule has 1 aromatic heterocycles. The molecule has 3 rings (SSSR count). The fourth-order valence-corrected chi connectivity index (χ4v) is 3.02. The molecule has 0 saturated carbocycles. The molecule has 0 aliphatic carbocycles. The van der Waals surface area contributed by atoms with E-state index < -0.39 is 0 Å². The van der Waals surface area contributed by atoms with Crippen molar-refractivity contribution >= 4 is 17.5 Å². The SMILES string of the molecule is O=C(C1CCOC1)N1CCCC(Oc2ccncc2Cl)C1. The zero-order valence-electron chi connectivity index (χ0n) is 11.8. The minimum Gasteiger partial charge on any atom is -0.487 e. The van der Waals surface area contributed by atoms with Gasteiger partial charge in [0.05, 0.1) is 19.1 Å². The van der Waals surface area contributed by atoms with Crippen molar-refractivity contribution in [1.29, 1.82) is 0 Å². The maximum absolute atomic E-state index is 12.4. The number of ether oxygens (including phenoxy) is 2. The van der Waals surface area contributed by atoms with Crippen LogP contribution in [-0.2, 0) is 9.53 Å². The highest BCUT2D eigenvalue weighted by molar-refractivity contribution is 6.31. The van der Waals surface area contributed by atoms with Crippen molar-refractivity contribution in [2.24, 2.45) is 5.92 Å². The van der Waals surface area contributed by atoms with Crippen molar-refractivity contribution < 1.29 is 14.3 Å². The number of piperidine rings is 1. The highest BCUT2D eigenvalue weighted by atomic mass is 35.5. The lowest BCUT2D eigenvalue weighted by Crippen LogP contribution is -2.46. The van der Waals surface area contributed by atoms with Gasteiger partial charge in [-0.1, -0.05) is 11.6 Å². The van der Waals surface area contributed by atoms with Gasteiger partial charge in [0.15, 0.2) is 0 Å². The number of hydrogen-bond acceptors (Lipinski definition) is 4. The van der Waals surface area contributed by atoms with Gasteiger partial charge >= 0.3 is 0 Å². The summed E-state index contributed by atoms with van der Waals surface area (Å²) in [5, 5.41) is 0.505. The van der Waals surface area contributed by atoms with Crippen molar-refractivity contribution in [3.8, 4) is 5.75 Å². The number of nitrogens with zero attached hydrogens (tertiary/aromatic N) is 2. The molecule has 0 N–H and O–H groups in total. The van der Waals surface area contributed by atoms with Crippen LogP contribution in [0.4, 0.5) is 0 Å². The molecule has 2 saturated heterocycles. The van der Waals surface area contributed by atoms with Gasteiger partial charge in [-0.15, -0.1) is 0 Å². The maximum atomic E-state index is 12.4. The lowest BCUT2D eigenvalue weighted by Gasteiger charge is -2.34. The minimum absolute atomic E-state index is 0.00933. The van der Waals surface area contributed by atoms with Crippen molar-refractivity contribution in [3.63, 3.8) is 0 Å². The third-order valence-corrected chi connectivity index (χ3v) is 4.28. The van der Waals surface area contributed by atoms with Gasteiger partial charge in [-0.2, -0.15) is 0 Å². The summed E-state index contributed by atoms with van der Waals surface area (Å²) in [5.74, 6) is 0.852. The number of carbonyl (C=O) groups is 1. The van der Waals surface area contributed by atoms with E-state index in [-0.39, 0.29) is 17.9 Å². The van der Waals surface area contributed by atoms with Crippen LogP contribution in [0.25, 0.3) is 0 Å². The number of carbonyl (C=O) groups excluding carboxylic acids is 1. The molecule has 1 aromatic rings. The molecule has 0 aromatic carbocycles. The van der Waals surface area contributed by atoms with Gasteiger partial charge < -0.3 is 14.4 Å². The summed E-state index contributed by atoms with van der Waals surface area (Å²) in [6, 6.07) is 1.76. The number of amides is 1. The predicted molar refractivity (Wildman–Crippen MR) is 78.4 cm³/mol.